The molecule has 0 aliphatic carbocycles. The fourth-order valence-electron chi connectivity index (χ4n) is 2.76. The molecule has 0 radical (unpaired) electrons. The monoisotopic (exact) mass is 332 g/mol. The highest BCUT2D eigenvalue weighted by molar-refractivity contribution is 7.13. The average molecular weight is 332 g/mol. The Hall–Kier alpha value is -2.48. The number of rotatable bonds is 4. The van der Waals surface area contributed by atoms with Gasteiger partial charge in [-0.1, -0.05) is 12.1 Å². The highest BCUT2D eigenvalue weighted by Crippen LogP contribution is 2.31. The standard InChI is InChI=1S/C15H16N4O3S/c20-14(17-15-16-7-10-23-15)11-5-8-18(9-6-11)12-3-1-2-4-13(12)19(21)22/h1-4,7,10-11H,5-6,8-9H2,(H,16,17,20). The molecule has 7 nitrogen and oxygen atoms in total. The normalized spacial score (nSPS) is 15.4. The van der Waals surface area contributed by atoms with Gasteiger partial charge in [-0.25, -0.2) is 4.98 Å². The van der Waals surface area contributed by atoms with Gasteiger partial charge in [-0.2, -0.15) is 0 Å². The predicted octanol–water partition coefficient (Wildman–Crippen LogP) is 2.91. The van der Waals surface area contributed by atoms with E-state index in [1.54, 1.807) is 24.4 Å². The largest absolute Gasteiger partial charge is 0.366 e. The van der Waals surface area contributed by atoms with Crippen LogP contribution in [0.1, 0.15) is 12.8 Å². The summed E-state index contributed by atoms with van der Waals surface area (Å²) < 4.78 is 0. The van der Waals surface area contributed by atoms with Gasteiger partial charge in [0.25, 0.3) is 5.69 Å². The highest BCUT2D eigenvalue weighted by Gasteiger charge is 2.28. The molecule has 1 aromatic heterocycles. The molecule has 0 saturated carbocycles. The van der Waals surface area contributed by atoms with Crippen molar-refractivity contribution in [1.82, 2.24) is 4.98 Å². The first kappa shape index (κ1) is 15.4. The lowest BCUT2D eigenvalue weighted by Gasteiger charge is -2.32. The topological polar surface area (TPSA) is 88.4 Å². The van der Waals surface area contributed by atoms with Crippen LogP contribution in [-0.2, 0) is 4.79 Å². The van der Waals surface area contributed by atoms with Gasteiger partial charge in [0.05, 0.1) is 4.92 Å². The lowest BCUT2D eigenvalue weighted by Crippen LogP contribution is -2.38. The van der Waals surface area contributed by atoms with Gasteiger partial charge in [-0.05, 0) is 18.9 Å². The summed E-state index contributed by atoms with van der Waals surface area (Å²) in [5, 5.41) is 16.4. The van der Waals surface area contributed by atoms with Gasteiger partial charge in [0.1, 0.15) is 5.69 Å². The summed E-state index contributed by atoms with van der Waals surface area (Å²) in [6, 6.07) is 6.73. The Kier molecular flexibility index (Phi) is 4.52. The smallest absolute Gasteiger partial charge is 0.292 e. The first-order valence-corrected chi connectivity index (χ1v) is 8.22. The van der Waals surface area contributed by atoms with Crippen LogP contribution in [0.4, 0.5) is 16.5 Å². The van der Waals surface area contributed by atoms with Crippen molar-refractivity contribution < 1.29 is 9.72 Å². The maximum Gasteiger partial charge on any atom is 0.292 e. The SMILES string of the molecule is O=C(Nc1nccs1)C1CCN(c2ccccc2[N+](=O)[O-])CC1. The van der Waals surface area contributed by atoms with Gasteiger partial charge >= 0.3 is 0 Å². The maximum atomic E-state index is 12.2. The lowest BCUT2D eigenvalue weighted by molar-refractivity contribution is -0.384. The number of aromatic nitrogens is 1. The van der Waals surface area contributed by atoms with E-state index in [1.807, 2.05) is 10.3 Å². The summed E-state index contributed by atoms with van der Waals surface area (Å²) in [6.45, 7) is 1.25. The molecule has 0 atom stereocenters. The number of nitro benzene ring substituents is 1. The molecule has 3 rings (SSSR count). The van der Waals surface area contributed by atoms with Crippen molar-refractivity contribution in [2.24, 2.45) is 5.92 Å². The van der Waals surface area contributed by atoms with Crippen LogP contribution in [0.25, 0.3) is 0 Å². The predicted molar refractivity (Wildman–Crippen MR) is 88.8 cm³/mol. The first-order valence-electron chi connectivity index (χ1n) is 7.34. The molecule has 1 saturated heterocycles. The van der Waals surface area contributed by atoms with Crippen molar-refractivity contribution in [1.29, 1.82) is 0 Å². The molecule has 1 N–H and O–H groups in total. The van der Waals surface area contributed by atoms with E-state index in [9.17, 15) is 14.9 Å². The Balaban J connectivity index is 1.62. The molecule has 2 aromatic rings. The molecule has 1 aliphatic rings. The zero-order valence-electron chi connectivity index (χ0n) is 12.3. The van der Waals surface area contributed by atoms with Gasteiger partial charge in [0.2, 0.25) is 5.91 Å². The Morgan fingerprint density at radius 3 is 2.74 bits per heavy atom. The second-order valence-corrected chi connectivity index (χ2v) is 6.23. The van der Waals surface area contributed by atoms with Crippen molar-refractivity contribution >= 4 is 33.8 Å². The second kappa shape index (κ2) is 6.74. The Bertz CT molecular complexity index is 697. The molecule has 23 heavy (non-hydrogen) atoms. The van der Waals surface area contributed by atoms with Crippen LogP contribution in [0.15, 0.2) is 35.8 Å². The molecule has 2 heterocycles. The minimum atomic E-state index is -0.364. The molecular weight excluding hydrogens is 316 g/mol. The number of carbonyl (C=O) groups is 1. The summed E-state index contributed by atoms with van der Waals surface area (Å²) in [5.41, 5.74) is 0.731. The summed E-state index contributed by atoms with van der Waals surface area (Å²) >= 11 is 1.39. The van der Waals surface area contributed by atoms with Crippen molar-refractivity contribution in [2.45, 2.75) is 12.8 Å². The van der Waals surface area contributed by atoms with Crippen LogP contribution in [0, 0.1) is 16.0 Å². The van der Waals surface area contributed by atoms with Crippen LogP contribution < -0.4 is 10.2 Å². The third-order valence-corrected chi connectivity index (χ3v) is 4.64. The molecular formula is C15H16N4O3S. The number of carbonyl (C=O) groups excluding carboxylic acids is 1. The van der Waals surface area contributed by atoms with Crippen LogP contribution >= 0.6 is 11.3 Å². The van der Waals surface area contributed by atoms with E-state index in [0.717, 1.165) is 0 Å². The number of piperidine rings is 1. The molecule has 0 unspecified atom stereocenters. The van der Waals surface area contributed by atoms with E-state index in [1.165, 1.54) is 17.4 Å². The Morgan fingerprint density at radius 1 is 1.35 bits per heavy atom. The van der Waals surface area contributed by atoms with E-state index >= 15 is 0 Å². The van der Waals surface area contributed by atoms with Gasteiger partial charge in [-0.15, -0.1) is 11.3 Å². The fraction of sp³-hybridized carbons (Fsp3) is 0.333. The van der Waals surface area contributed by atoms with E-state index in [2.05, 4.69) is 10.3 Å². The molecule has 1 fully saturated rings. The maximum absolute atomic E-state index is 12.2. The number of thiazole rings is 1. The molecule has 0 bridgehead atoms. The summed E-state index contributed by atoms with van der Waals surface area (Å²) in [6.07, 6.45) is 2.99. The van der Waals surface area contributed by atoms with Crippen LogP contribution in [0.2, 0.25) is 0 Å². The first-order chi connectivity index (χ1) is 11.1. The van der Waals surface area contributed by atoms with Gasteiger partial charge in [-0.3, -0.25) is 14.9 Å². The summed E-state index contributed by atoms with van der Waals surface area (Å²) in [7, 11) is 0. The number of anilines is 2. The fourth-order valence-corrected chi connectivity index (χ4v) is 3.29. The number of hydrogen-bond acceptors (Lipinski definition) is 6. The number of amides is 1. The van der Waals surface area contributed by atoms with Crippen LogP contribution in [0.3, 0.4) is 0 Å². The van der Waals surface area contributed by atoms with Crippen molar-refractivity contribution in [3.05, 3.63) is 46.0 Å². The second-order valence-electron chi connectivity index (χ2n) is 5.33. The number of benzene rings is 1. The van der Waals surface area contributed by atoms with Gasteiger partial charge in [0.15, 0.2) is 5.13 Å². The quantitative estimate of drug-likeness (QED) is 0.687. The van der Waals surface area contributed by atoms with E-state index in [4.69, 9.17) is 0 Å². The zero-order valence-corrected chi connectivity index (χ0v) is 13.2. The van der Waals surface area contributed by atoms with Gasteiger partial charge < -0.3 is 10.2 Å². The van der Waals surface area contributed by atoms with E-state index in [-0.39, 0.29) is 22.4 Å². The number of hydrogen-bond donors (Lipinski definition) is 1. The van der Waals surface area contributed by atoms with Crippen molar-refractivity contribution in [2.75, 3.05) is 23.3 Å². The molecule has 1 aliphatic heterocycles. The van der Waals surface area contributed by atoms with Gasteiger partial charge in [0, 0.05) is 36.7 Å². The van der Waals surface area contributed by atoms with Crippen LogP contribution in [-0.4, -0.2) is 28.9 Å². The number of nitrogens with one attached hydrogen (secondary N) is 1. The number of nitrogens with zero attached hydrogens (tertiary/aromatic N) is 3. The van der Waals surface area contributed by atoms with E-state index < -0.39 is 0 Å². The highest BCUT2D eigenvalue weighted by atomic mass is 32.1. The van der Waals surface area contributed by atoms with E-state index in [0.29, 0.717) is 36.8 Å². The third kappa shape index (κ3) is 3.48. The van der Waals surface area contributed by atoms with Crippen molar-refractivity contribution in [3.8, 4) is 0 Å². The molecule has 0 spiro atoms. The third-order valence-electron chi connectivity index (χ3n) is 3.95. The van der Waals surface area contributed by atoms with Crippen molar-refractivity contribution in [3.63, 3.8) is 0 Å². The summed E-state index contributed by atoms with van der Waals surface area (Å²) in [4.78, 5) is 29.0. The number of para-hydroxylation sites is 2. The lowest BCUT2D eigenvalue weighted by atomic mass is 9.95. The zero-order chi connectivity index (χ0) is 16.2. The Labute approximate surface area is 137 Å². The molecule has 1 aromatic carbocycles. The summed E-state index contributed by atoms with van der Waals surface area (Å²) in [5.74, 6) is -0.111. The van der Waals surface area contributed by atoms with Crippen LogP contribution in [0.5, 0.6) is 0 Å². The molecule has 8 heteroatoms. The number of nitro groups is 1. The molecule has 120 valence electrons. The minimum absolute atomic E-state index is 0.0258. The molecule has 1 amide bonds. The Morgan fingerprint density at radius 2 is 2.09 bits per heavy atom. The minimum Gasteiger partial charge on any atom is -0.366 e. The average Bonchev–Trinajstić information content (AvgIpc) is 3.08.